The Hall–Kier alpha value is 0.660. The van der Waals surface area contributed by atoms with Crippen LogP contribution >= 0.6 is 43.2 Å². The van der Waals surface area contributed by atoms with Gasteiger partial charge in [0.2, 0.25) is 0 Å². The molecule has 1 aromatic rings. The van der Waals surface area contributed by atoms with Crippen molar-refractivity contribution in [3.8, 4) is 0 Å². The van der Waals surface area contributed by atoms with Crippen molar-refractivity contribution < 1.29 is 0 Å². The van der Waals surface area contributed by atoms with Gasteiger partial charge in [-0.25, -0.2) is 0 Å². The highest BCUT2D eigenvalue weighted by Crippen LogP contribution is 2.28. The number of halogens is 2. The van der Waals surface area contributed by atoms with Gasteiger partial charge in [-0.15, -0.1) is 11.3 Å². The van der Waals surface area contributed by atoms with Gasteiger partial charge in [-0.1, -0.05) is 15.9 Å². The minimum absolute atomic E-state index is 1.05. The molecule has 0 saturated heterocycles. The zero-order chi connectivity index (χ0) is 7.56. The molecule has 0 atom stereocenters. The molecule has 0 spiro atoms. The molecule has 0 aliphatic rings. The smallest absolute Gasteiger partial charge is 0.0343 e. The van der Waals surface area contributed by atoms with E-state index in [1.54, 1.807) is 0 Å². The number of hydrogen-bond donors (Lipinski definition) is 0. The van der Waals surface area contributed by atoms with Crippen LogP contribution in [0.5, 0.6) is 0 Å². The largest absolute Gasteiger partial charge is 0.147 e. The van der Waals surface area contributed by atoms with Crippen molar-refractivity contribution in [2.24, 2.45) is 0 Å². The zero-order valence-electron chi connectivity index (χ0n) is 5.66. The lowest BCUT2D eigenvalue weighted by atomic mass is 10.3. The molecule has 0 fully saturated rings. The molecule has 1 aromatic heterocycles. The number of thiophene rings is 1. The van der Waals surface area contributed by atoms with Crippen LogP contribution in [0.3, 0.4) is 0 Å². The van der Waals surface area contributed by atoms with Gasteiger partial charge in [-0.2, -0.15) is 0 Å². The normalized spacial score (nSPS) is 10.3. The summed E-state index contributed by atoms with van der Waals surface area (Å²) in [5, 5.41) is 3.23. The molecular weight excluding hydrogens is 276 g/mol. The van der Waals surface area contributed by atoms with Gasteiger partial charge in [0.25, 0.3) is 0 Å². The van der Waals surface area contributed by atoms with Crippen molar-refractivity contribution in [2.45, 2.75) is 13.3 Å². The van der Waals surface area contributed by atoms with Crippen molar-refractivity contribution in [1.29, 1.82) is 0 Å². The van der Waals surface area contributed by atoms with Gasteiger partial charge >= 0.3 is 0 Å². The van der Waals surface area contributed by atoms with Crippen LogP contribution < -0.4 is 0 Å². The molecule has 0 unspecified atom stereocenters. The fraction of sp³-hybridized carbons (Fsp3) is 0.429. The minimum Gasteiger partial charge on any atom is -0.147 e. The molecule has 1 heterocycles. The van der Waals surface area contributed by atoms with Crippen LogP contribution in [-0.2, 0) is 6.42 Å². The molecule has 0 saturated carbocycles. The average Bonchev–Trinajstić information content (AvgIpc) is 2.20. The third kappa shape index (κ3) is 1.83. The van der Waals surface area contributed by atoms with Gasteiger partial charge in [0.15, 0.2) is 0 Å². The van der Waals surface area contributed by atoms with E-state index in [1.807, 2.05) is 11.3 Å². The summed E-state index contributed by atoms with van der Waals surface area (Å²) in [7, 11) is 0. The Balaban J connectivity index is 2.83. The quantitative estimate of drug-likeness (QED) is 0.725. The molecule has 0 nitrogen and oxygen atoms in total. The van der Waals surface area contributed by atoms with Crippen LogP contribution in [0.15, 0.2) is 9.85 Å². The number of rotatable bonds is 2. The summed E-state index contributed by atoms with van der Waals surface area (Å²) < 4.78 is 1.29. The Labute approximate surface area is 81.9 Å². The van der Waals surface area contributed by atoms with E-state index in [9.17, 15) is 0 Å². The fourth-order valence-corrected chi connectivity index (χ4v) is 3.06. The lowest BCUT2D eigenvalue weighted by molar-refractivity contribution is 1.20. The molecular formula is C7H8Br2S. The number of alkyl halides is 1. The number of aryl methyl sites for hydroxylation is 2. The van der Waals surface area contributed by atoms with E-state index in [0.29, 0.717) is 0 Å². The summed E-state index contributed by atoms with van der Waals surface area (Å²) in [5.74, 6) is 0. The fourth-order valence-electron chi connectivity index (χ4n) is 0.737. The van der Waals surface area contributed by atoms with Crippen molar-refractivity contribution in [1.82, 2.24) is 0 Å². The van der Waals surface area contributed by atoms with Crippen LogP contribution in [-0.4, -0.2) is 5.33 Å². The first-order valence-electron chi connectivity index (χ1n) is 3.04. The minimum atomic E-state index is 1.05. The highest BCUT2D eigenvalue weighted by Gasteiger charge is 2.03. The van der Waals surface area contributed by atoms with Crippen LogP contribution in [0, 0.1) is 6.92 Å². The third-order valence-corrected chi connectivity index (χ3v) is 4.22. The predicted octanol–water partition coefficient (Wildman–Crippen LogP) is 3.76. The Morgan fingerprint density at radius 3 is 2.70 bits per heavy atom. The molecule has 0 aliphatic heterocycles. The summed E-state index contributed by atoms with van der Waals surface area (Å²) in [6.07, 6.45) is 1.12. The molecule has 0 amide bonds. The van der Waals surface area contributed by atoms with Crippen molar-refractivity contribution in [3.63, 3.8) is 0 Å². The van der Waals surface area contributed by atoms with Crippen molar-refractivity contribution >= 4 is 43.2 Å². The van der Waals surface area contributed by atoms with Gasteiger partial charge in [0, 0.05) is 14.7 Å². The van der Waals surface area contributed by atoms with Crippen molar-refractivity contribution in [2.75, 3.05) is 5.33 Å². The van der Waals surface area contributed by atoms with Crippen LogP contribution in [0.25, 0.3) is 0 Å². The molecule has 0 aromatic carbocycles. The van der Waals surface area contributed by atoms with E-state index in [-0.39, 0.29) is 0 Å². The maximum Gasteiger partial charge on any atom is 0.0343 e. The maximum absolute atomic E-state index is 3.54. The highest BCUT2D eigenvalue weighted by atomic mass is 79.9. The summed E-state index contributed by atoms with van der Waals surface area (Å²) in [5.41, 5.74) is 1.35. The second kappa shape index (κ2) is 3.88. The average molecular weight is 284 g/mol. The van der Waals surface area contributed by atoms with E-state index in [2.05, 4.69) is 44.2 Å². The standard InChI is InChI=1S/C7H8Br2S/c1-5-4-10-6(2-3-8)7(5)9/h4H,2-3H2,1H3. The first-order chi connectivity index (χ1) is 4.75. The second-order valence-electron chi connectivity index (χ2n) is 2.09. The first kappa shape index (κ1) is 8.75. The molecule has 0 N–H and O–H groups in total. The highest BCUT2D eigenvalue weighted by molar-refractivity contribution is 9.10. The summed E-state index contributed by atoms with van der Waals surface area (Å²) in [6.45, 7) is 2.12. The van der Waals surface area contributed by atoms with E-state index in [0.717, 1.165) is 11.8 Å². The van der Waals surface area contributed by atoms with Gasteiger partial charge in [-0.3, -0.25) is 0 Å². The van der Waals surface area contributed by atoms with Gasteiger partial charge < -0.3 is 0 Å². The molecule has 1 rings (SSSR count). The van der Waals surface area contributed by atoms with E-state index in [4.69, 9.17) is 0 Å². The second-order valence-corrected chi connectivity index (χ2v) is 4.65. The summed E-state index contributed by atoms with van der Waals surface area (Å²) >= 11 is 8.78. The molecule has 56 valence electrons. The number of hydrogen-bond acceptors (Lipinski definition) is 1. The van der Waals surface area contributed by atoms with Crippen molar-refractivity contribution in [3.05, 3.63) is 20.3 Å². The Kier molecular flexibility index (Phi) is 3.40. The predicted molar refractivity (Wildman–Crippen MR) is 54.3 cm³/mol. The lowest BCUT2D eigenvalue weighted by Crippen LogP contribution is -1.80. The monoisotopic (exact) mass is 282 g/mol. The summed E-state index contributed by atoms with van der Waals surface area (Å²) in [4.78, 5) is 1.44. The Morgan fingerprint density at radius 1 is 1.60 bits per heavy atom. The van der Waals surface area contributed by atoms with E-state index in [1.165, 1.54) is 14.9 Å². The topological polar surface area (TPSA) is 0 Å². The van der Waals surface area contributed by atoms with E-state index >= 15 is 0 Å². The molecule has 0 radical (unpaired) electrons. The van der Waals surface area contributed by atoms with Gasteiger partial charge in [0.1, 0.15) is 0 Å². The zero-order valence-corrected chi connectivity index (χ0v) is 9.64. The third-order valence-electron chi connectivity index (χ3n) is 1.29. The Bertz CT molecular complexity index is 217. The molecule has 3 heteroatoms. The van der Waals surface area contributed by atoms with E-state index < -0.39 is 0 Å². The maximum atomic E-state index is 3.54. The first-order valence-corrected chi connectivity index (χ1v) is 5.83. The Morgan fingerprint density at radius 2 is 2.30 bits per heavy atom. The molecule has 0 aliphatic carbocycles. The SMILES string of the molecule is Cc1csc(CCBr)c1Br. The lowest BCUT2D eigenvalue weighted by Gasteiger charge is -1.92. The molecule has 0 bridgehead atoms. The van der Waals surface area contributed by atoms with Crippen LogP contribution in [0.4, 0.5) is 0 Å². The van der Waals surface area contributed by atoms with Gasteiger partial charge in [0.05, 0.1) is 0 Å². The summed E-state index contributed by atoms with van der Waals surface area (Å²) in [6, 6.07) is 0. The molecule has 10 heavy (non-hydrogen) atoms. The van der Waals surface area contributed by atoms with Gasteiger partial charge in [-0.05, 0) is 40.2 Å². The van der Waals surface area contributed by atoms with Crippen LogP contribution in [0.1, 0.15) is 10.4 Å². The van der Waals surface area contributed by atoms with Crippen LogP contribution in [0.2, 0.25) is 0 Å².